The predicted molar refractivity (Wildman–Crippen MR) is 249 cm³/mol. The normalized spacial score (nSPS) is 12.3. The van der Waals surface area contributed by atoms with E-state index in [1.54, 1.807) is 0 Å². The zero-order valence-electron chi connectivity index (χ0n) is 32.6. The van der Waals surface area contributed by atoms with Crippen LogP contribution in [0.25, 0.3) is 110 Å². The first-order chi connectivity index (χ1) is 30.2. The van der Waals surface area contributed by atoms with Crippen LogP contribution in [-0.4, -0.2) is 27.9 Å². The van der Waals surface area contributed by atoms with Gasteiger partial charge in [0.05, 0.1) is 33.1 Å². The number of pyridine rings is 2. The van der Waals surface area contributed by atoms with Gasteiger partial charge in [0.15, 0.2) is 0 Å². The summed E-state index contributed by atoms with van der Waals surface area (Å²) in [6.45, 7) is 0. The van der Waals surface area contributed by atoms with E-state index in [9.17, 15) is 0 Å². The maximum atomic E-state index is 6.76. The summed E-state index contributed by atoms with van der Waals surface area (Å²) in [4.78, 5) is 9.78. The molecule has 0 bridgehead atoms. The molecule has 284 valence electrons. The van der Waals surface area contributed by atoms with E-state index >= 15 is 0 Å². The Morgan fingerprint density at radius 2 is 0.721 bits per heavy atom. The fourth-order valence-corrected chi connectivity index (χ4v) is 10.1. The van der Waals surface area contributed by atoms with Gasteiger partial charge in [0, 0.05) is 79.3 Å². The third kappa shape index (κ3) is 4.51. The Morgan fingerprint density at radius 1 is 0.311 bits per heavy atom. The molecule has 0 aliphatic carbocycles. The lowest BCUT2D eigenvalue weighted by atomic mass is 10.0. The summed E-state index contributed by atoms with van der Waals surface area (Å²) in [6, 6.07) is 60.7. The van der Waals surface area contributed by atoms with Crippen LogP contribution in [0.3, 0.4) is 0 Å². The summed E-state index contributed by atoms with van der Waals surface area (Å²) >= 11 is 0. The molecule has 0 saturated heterocycles. The maximum Gasteiger partial charge on any atom is 0.145 e. The van der Waals surface area contributed by atoms with Gasteiger partial charge in [-0.25, -0.2) is 9.97 Å². The third-order valence-corrected chi connectivity index (χ3v) is 12.7. The van der Waals surface area contributed by atoms with Crippen molar-refractivity contribution in [2.24, 2.45) is 0 Å². The van der Waals surface area contributed by atoms with Gasteiger partial charge < -0.3 is 13.9 Å². The zero-order chi connectivity index (χ0) is 39.8. The van der Waals surface area contributed by atoms with Gasteiger partial charge >= 0.3 is 0 Å². The van der Waals surface area contributed by atoms with Crippen molar-refractivity contribution in [3.05, 3.63) is 195 Å². The van der Waals surface area contributed by atoms with Gasteiger partial charge in [0.25, 0.3) is 0 Å². The van der Waals surface area contributed by atoms with Gasteiger partial charge in [-0.2, -0.15) is 0 Å². The fourth-order valence-electron chi connectivity index (χ4n) is 10.1. The van der Waals surface area contributed by atoms with E-state index in [0.29, 0.717) is 0 Å². The lowest BCUT2D eigenvalue weighted by Crippen LogP contribution is -1.95. The molecule has 14 aromatic rings. The van der Waals surface area contributed by atoms with Gasteiger partial charge in [-0.05, 0) is 108 Å². The summed E-state index contributed by atoms with van der Waals surface area (Å²) in [7, 11) is 0. The van der Waals surface area contributed by atoms with Crippen LogP contribution >= 0.6 is 0 Å². The number of fused-ring (bicyclic) bond motifs is 18. The number of para-hydroxylation sites is 4. The Hall–Kier alpha value is -8.42. The van der Waals surface area contributed by atoms with Crippen molar-refractivity contribution < 1.29 is 4.74 Å². The lowest BCUT2D eigenvalue weighted by molar-refractivity contribution is 0.484. The first-order valence-corrected chi connectivity index (χ1v) is 20.6. The Kier molecular flexibility index (Phi) is 6.43. The molecule has 0 aliphatic heterocycles. The highest BCUT2D eigenvalue weighted by atomic mass is 16.5. The number of benzene rings is 8. The molecule has 0 fully saturated rings. The number of imidazole rings is 2. The molecule has 0 atom stereocenters. The molecule has 0 unspecified atom stereocenters. The average molecular weight is 781 g/mol. The molecule has 0 saturated carbocycles. The van der Waals surface area contributed by atoms with Gasteiger partial charge in [-0.1, -0.05) is 72.8 Å². The van der Waals surface area contributed by atoms with E-state index in [0.717, 1.165) is 88.6 Å². The highest BCUT2D eigenvalue weighted by Crippen LogP contribution is 2.42. The van der Waals surface area contributed by atoms with Gasteiger partial charge in [0.2, 0.25) is 0 Å². The molecule has 6 aromatic heterocycles. The van der Waals surface area contributed by atoms with Crippen LogP contribution in [0.4, 0.5) is 0 Å². The van der Waals surface area contributed by atoms with Crippen LogP contribution in [0, 0.1) is 0 Å². The monoisotopic (exact) mass is 780 g/mol. The predicted octanol–water partition coefficient (Wildman–Crippen LogP) is 13.6. The molecule has 7 nitrogen and oxygen atoms in total. The molecule has 61 heavy (non-hydrogen) atoms. The molecule has 0 amide bonds. The van der Waals surface area contributed by atoms with Crippen molar-refractivity contribution >= 4 is 98.3 Å². The van der Waals surface area contributed by atoms with Crippen LogP contribution in [0.2, 0.25) is 0 Å². The van der Waals surface area contributed by atoms with Crippen LogP contribution in [0.15, 0.2) is 195 Å². The van der Waals surface area contributed by atoms with Crippen LogP contribution in [0.1, 0.15) is 0 Å². The van der Waals surface area contributed by atoms with Crippen molar-refractivity contribution in [2.75, 3.05) is 0 Å². The molecule has 14 rings (SSSR count). The number of hydrogen-bond donors (Lipinski definition) is 0. The molecule has 6 heterocycles. The van der Waals surface area contributed by atoms with Crippen molar-refractivity contribution in [1.29, 1.82) is 0 Å². The van der Waals surface area contributed by atoms with E-state index in [2.05, 4.69) is 200 Å². The second-order valence-corrected chi connectivity index (χ2v) is 15.9. The Balaban J connectivity index is 0.940. The van der Waals surface area contributed by atoms with Crippen molar-refractivity contribution in [1.82, 2.24) is 27.9 Å². The third-order valence-electron chi connectivity index (χ3n) is 12.7. The van der Waals surface area contributed by atoms with E-state index in [1.165, 1.54) is 32.6 Å². The van der Waals surface area contributed by atoms with Crippen molar-refractivity contribution in [3.63, 3.8) is 0 Å². The Morgan fingerprint density at radius 3 is 1.20 bits per heavy atom. The maximum absolute atomic E-state index is 6.76. The van der Waals surface area contributed by atoms with E-state index in [1.807, 2.05) is 12.4 Å². The second kappa shape index (κ2) is 12.1. The van der Waals surface area contributed by atoms with E-state index < -0.39 is 0 Å². The lowest BCUT2D eigenvalue weighted by Gasteiger charge is -2.14. The van der Waals surface area contributed by atoms with Gasteiger partial charge in [0.1, 0.15) is 22.8 Å². The van der Waals surface area contributed by atoms with Crippen LogP contribution in [0.5, 0.6) is 11.5 Å². The number of aromatic nitrogens is 6. The van der Waals surface area contributed by atoms with Gasteiger partial charge in [-0.15, -0.1) is 0 Å². The van der Waals surface area contributed by atoms with Crippen LogP contribution < -0.4 is 4.74 Å². The minimum absolute atomic E-state index is 0.741. The summed E-state index contributed by atoms with van der Waals surface area (Å²) in [6.07, 6.45) is 7.89. The number of rotatable bonds is 4. The van der Waals surface area contributed by atoms with Crippen molar-refractivity contribution in [2.45, 2.75) is 0 Å². The SMILES string of the molecule is c1ccc(-n2c3ccccc3c3cc4c(cc32)c2ccc(Oc3ccc5c6cc7c(cc6n6ccnc6c5c3)c3ccccc3n7-c3ccccc3)cc2c2nccn42)cc1. The minimum Gasteiger partial charge on any atom is -0.457 e. The smallest absolute Gasteiger partial charge is 0.145 e. The number of ether oxygens (including phenoxy) is 1. The topological polar surface area (TPSA) is 53.7 Å². The van der Waals surface area contributed by atoms with Gasteiger partial charge in [-0.3, -0.25) is 8.80 Å². The summed E-state index contributed by atoms with van der Waals surface area (Å²) < 4.78 is 15.9. The highest BCUT2D eigenvalue weighted by molar-refractivity contribution is 6.21. The summed E-state index contributed by atoms with van der Waals surface area (Å²) in [5.74, 6) is 1.48. The molecule has 0 aliphatic rings. The fraction of sp³-hybridized carbons (Fsp3) is 0. The summed E-state index contributed by atoms with van der Waals surface area (Å²) in [5, 5.41) is 11.5. The quantitative estimate of drug-likeness (QED) is 0.167. The van der Waals surface area contributed by atoms with Crippen LogP contribution in [-0.2, 0) is 0 Å². The molecule has 0 N–H and O–H groups in total. The first kappa shape index (κ1) is 32.5. The molecule has 7 heteroatoms. The first-order valence-electron chi connectivity index (χ1n) is 20.6. The molecule has 8 aromatic carbocycles. The molecular weight excluding hydrogens is 749 g/mol. The minimum atomic E-state index is 0.741. The second-order valence-electron chi connectivity index (χ2n) is 15.9. The molecule has 0 radical (unpaired) electrons. The average Bonchev–Trinajstić information content (AvgIpc) is 4.13. The zero-order valence-corrected chi connectivity index (χ0v) is 32.6. The summed E-state index contributed by atoms with van der Waals surface area (Å²) in [5.41, 5.74) is 11.0. The highest BCUT2D eigenvalue weighted by Gasteiger charge is 2.20. The number of hydrogen-bond acceptors (Lipinski definition) is 3. The largest absolute Gasteiger partial charge is 0.457 e. The Labute approximate surface area is 347 Å². The molecular formula is C54H32N6O. The Bertz CT molecular complexity index is 3870. The van der Waals surface area contributed by atoms with E-state index in [-0.39, 0.29) is 0 Å². The number of nitrogens with zero attached hydrogens (tertiary/aromatic N) is 6. The van der Waals surface area contributed by atoms with E-state index in [4.69, 9.17) is 14.7 Å². The van der Waals surface area contributed by atoms with Crippen molar-refractivity contribution in [3.8, 4) is 22.9 Å². The molecule has 0 spiro atoms. The standard InChI is InChI=1S/C54H32N6O/c1-3-11-33(12-4-1)59-47-17-9-7-15-39(47)43-29-49-41(31-51(43)59)37-21-19-35(27-45(37)53-55-23-25-57(49)53)61-36-20-22-38-42-32-52-44(30-50(42)58-26-24-56-54(58)46(38)28-36)40-16-8-10-18-48(40)60(52)34-13-5-2-6-14-34/h1-32H.